The van der Waals surface area contributed by atoms with E-state index in [4.69, 9.17) is 5.73 Å². The molecule has 3 N–H and O–H groups in total. The Kier molecular flexibility index (Phi) is 4.91. The molecule has 3 heteroatoms. The van der Waals surface area contributed by atoms with E-state index >= 15 is 0 Å². The standard InChI is InChI=1S/C15H24N2O/c1-5-15(3,4)14(18)17-11(2)13-8-6-12(10-16)7-9-13/h6-9,11H,5,10,16H2,1-4H3,(H,17,18). The fourth-order valence-electron chi connectivity index (χ4n) is 1.58. The van der Waals surface area contributed by atoms with E-state index in [9.17, 15) is 4.79 Å². The fraction of sp³-hybridized carbons (Fsp3) is 0.533. The minimum absolute atomic E-state index is 0.0233. The Labute approximate surface area is 110 Å². The zero-order chi connectivity index (χ0) is 13.8. The van der Waals surface area contributed by atoms with E-state index in [1.165, 1.54) is 0 Å². The molecule has 0 aliphatic rings. The smallest absolute Gasteiger partial charge is 0.226 e. The number of carbonyl (C=O) groups is 1. The Bertz CT molecular complexity index is 395. The Morgan fingerprint density at radius 3 is 2.33 bits per heavy atom. The molecule has 100 valence electrons. The summed E-state index contributed by atoms with van der Waals surface area (Å²) in [7, 11) is 0. The van der Waals surface area contributed by atoms with Crippen LogP contribution in [0.25, 0.3) is 0 Å². The average molecular weight is 248 g/mol. The fourth-order valence-corrected chi connectivity index (χ4v) is 1.58. The highest BCUT2D eigenvalue weighted by Crippen LogP contribution is 2.22. The first-order chi connectivity index (χ1) is 8.40. The minimum Gasteiger partial charge on any atom is -0.349 e. The molecule has 0 fully saturated rings. The summed E-state index contributed by atoms with van der Waals surface area (Å²) in [6.07, 6.45) is 0.831. The van der Waals surface area contributed by atoms with Crippen LogP contribution >= 0.6 is 0 Å². The van der Waals surface area contributed by atoms with Crippen molar-refractivity contribution in [2.24, 2.45) is 11.1 Å². The minimum atomic E-state index is -0.314. The van der Waals surface area contributed by atoms with Crippen LogP contribution in [0.15, 0.2) is 24.3 Å². The Morgan fingerprint density at radius 1 is 1.33 bits per heavy atom. The molecule has 0 aliphatic carbocycles. The van der Waals surface area contributed by atoms with E-state index in [-0.39, 0.29) is 17.4 Å². The van der Waals surface area contributed by atoms with E-state index in [1.807, 2.05) is 52.0 Å². The van der Waals surface area contributed by atoms with E-state index < -0.39 is 0 Å². The normalized spacial score (nSPS) is 13.2. The summed E-state index contributed by atoms with van der Waals surface area (Å²) in [5, 5.41) is 3.05. The van der Waals surface area contributed by atoms with Crippen molar-refractivity contribution in [3.8, 4) is 0 Å². The van der Waals surface area contributed by atoms with E-state index in [0.717, 1.165) is 17.5 Å². The predicted octanol–water partition coefficient (Wildman–Crippen LogP) is 2.76. The van der Waals surface area contributed by atoms with Crippen LogP contribution in [0.4, 0.5) is 0 Å². The molecular formula is C15H24N2O. The molecule has 1 atom stereocenters. The van der Waals surface area contributed by atoms with Crippen molar-refractivity contribution >= 4 is 5.91 Å². The maximum absolute atomic E-state index is 12.1. The van der Waals surface area contributed by atoms with Gasteiger partial charge in [0.05, 0.1) is 6.04 Å². The molecule has 0 spiro atoms. The van der Waals surface area contributed by atoms with E-state index in [1.54, 1.807) is 0 Å². The molecule has 1 rings (SSSR count). The van der Waals surface area contributed by atoms with Gasteiger partial charge in [-0.1, -0.05) is 45.0 Å². The Morgan fingerprint density at radius 2 is 1.89 bits per heavy atom. The van der Waals surface area contributed by atoms with Crippen LogP contribution in [-0.2, 0) is 11.3 Å². The van der Waals surface area contributed by atoms with Gasteiger partial charge in [-0.2, -0.15) is 0 Å². The number of nitrogens with two attached hydrogens (primary N) is 1. The Balaban J connectivity index is 2.70. The van der Waals surface area contributed by atoms with E-state index in [2.05, 4.69) is 5.32 Å². The van der Waals surface area contributed by atoms with Gasteiger partial charge in [0.1, 0.15) is 0 Å². The second-order valence-corrected chi connectivity index (χ2v) is 5.38. The molecule has 1 aromatic rings. The highest BCUT2D eigenvalue weighted by molar-refractivity contribution is 5.82. The lowest BCUT2D eigenvalue weighted by Gasteiger charge is -2.24. The summed E-state index contributed by atoms with van der Waals surface area (Å²) in [4.78, 5) is 12.1. The summed E-state index contributed by atoms with van der Waals surface area (Å²) in [6.45, 7) is 8.50. The first kappa shape index (κ1) is 14.7. The van der Waals surface area contributed by atoms with Crippen LogP contribution in [0.2, 0.25) is 0 Å². The summed E-state index contributed by atoms with van der Waals surface area (Å²) in [5.41, 5.74) is 7.46. The van der Waals surface area contributed by atoms with Crippen LogP contribution in [0.1, 0.15) is 51.3 Å². The largest absolute Gasteiger partial charge is 0.349 e. The van der Waals surface area contributed by atoms with Crippen LogP contribution in [0.3, 0.4) is 0 Å². The number of nitrogens with one attached hydrogen (secondary N) is 1. The summed E-state index contributed by atoms with van der Waals surface area (Å²) in [6, 6.07) is 8.07. The van der Waals surface area contributed by atoms with Crippen molar-refractivity contribution < 1.29 is 4.79 Å². The summed E-state index contributed by atoms with van der Waals surface area (Å²) in [5.74, 6) is 0.0976. The molecule has 0 heterocycles. The first-order valence-corrected chi connectivity index (χ1v) is 6.50. The maximum atomic E-state index is 12.1. The SMILES string of the molecule is CCC(C)(C)C(=O)NC(C)c1ccc(CN)cc1. The predicted molar refractivity (Wildman–Crippen MR) is 75.0 cm³/mol. The number of hydrogen-bond donors (Lipinski definition) is 2. The third-order valence-corrected chi connectivity index (χ3v) is 3.56. The van der Waals surface area contributed by atoms with E-state index in [0.29, 0.717) is 6.54 Å². The molecule has 0 bridgehead atoms. The molecule has 3 nitrogen and oxygen atoms in total. The van der Waals surface area contributed by atoms with Crippen LogP contribution in [0, 0.1) is 5.41 Å². The molecule has 0 saturated heterocycles. The van der Waals surface area contributed by atoms with Gasteiger partial charge in [0.2, 0.25) is 5.91 Å². The van der Waals surface area contributed by atoms with Crippen LogP contribution < -0.4 is 11.1 Å². The monoisotopic (exact) mass is 248 g/mol. The Hall–Kier alpha value is -1.35. The van der Waals surface area contributed by atoms with Crippen molar-refractivity contribution in [3.63, 3.8) is 0 Å². The van der Waals surface area contributed by atoms with Crippen molar-refractivity contribution in [3.05, 3.63) is 35.4 Å². The topological polar surface area (TPSA) is 55.1 Å². The lowest BCUT2D eigenvalue weighted by Crippen LogP contribution is -2.37. The molecule has 0 saturated carbocycles. The second-order valence-electron chi connectivity index (χ2n) is 5.38. The molecule has 0 aromatic heterocycles. The van der Waals surface area contributed by atoms with Crippen LogP contribution in [0.5, 0.6) is 0 Å². The molecular weight excluding hydrogens is 224 g/mol. The van der Waals surface area contributed by atoms with Gasteiger partial charge in [0.15, 0.2) is 0 Å². The van der Waals surface area contributed by atoms with Crippen molar-refractivity contribution in [1.82, 2.24) is 5.32 Å². The number of benzene rings is 1. The summed E-state index contributed by atoms with van der Waals surface area (Å²) < 4.78 is 0. The second kappa shape index (κ2) is 6.01. The van der Waals surface area contributed by atoms with Crippen molar-refractivity contribution in [2.75, 3.05) is 0 Å². The van der Waals surface area contributed by atoms with Gasteiger partial charge in [0.25, 0.3) is 0 Å². The quantitative estimate of drug-likeness (QED) is 0.842. The number of hydrogen-bond acceptors (Lipinski definition) is 2. The van der Waals surface area contributed by atoms with Gasteiger partial charge < -0.3 is 11.1 Å². The van der Waals surface area contributed by atoms with Crippen molar-refractivity contribution in [2.45, 2.75) is 46.7 Å². The average Bonchev–Trinajstić information content (AvgIpc) is 2.38. The highest BCUT2D eigenvalue weighted by atomic mass is 16.2. The molecule has 0 radical (unpaired) electrons. The van der Waals surface area contributed by atoms with Gasteiger partial charge in [0, 0.05) is 12.0 Å². The number of amides is 1. The number of rotatable bonds is 5. The molecule has 1 amide bonds. The molecule has 18 heavy (non-hydrogen) atoms. The zero-order valence-electron chi connectivity index (χ0n) is 11.8. The zero-order valence-corrected chi connectivity index (χ0v) is 11.8. The van der Waals surface area contributed by atoms with Gasteiger partial charge >= 0.3 is 0 Å². The molecule has 1 unspecified atom stereocenters. The maximum Gasteiger partial charge on any atom is 0.226 e. The van der Waals surface area contributed by atoms with Crippen LogP contribution in [-0.4, -0.2) is 5.91 Å². The number of carbonyl (C=O) groups excluding carboxylic acids is 1. The summed E-state index contributed by atoms with van der Waals surface area (Å²) >= 11 is 0. The highest BCUT2D eigenvalue weighted by Gasteiger charge is 2.26. The third kappa shape index (κ3) is 3.57. The van der Waals surface area contributed by atoms with Gasteiger partial charge in [-0.05, 0) is 24.5 Å². The van der Waals surface area contributed by atoms with Crippen molar-refractivity contribution in [1.29, 1.82) is 0 Å². The van der Waals surface area contributed by atoms with Gasteiger partial charge in [-0.15, -0.1) is 0 Å². The lowest BCUT2D eigenvalue weighted by molar-refractivity contribution is -0.130. The first-order valence-electron chi connectivity index (χ1n) is 6.50. The molecule has 1 aromatic carbocycles. The molecule has 0 aliphatic heterocycles. The third-order valence-electron chi connectivity index (χ3n) is 3.56. The van der Waals surface area contributed by atoms with Gasteiger partial charge in [-0.3, -0.25) is 4.79 Å². The van der Waals surface area contributed by atoms with Gasteiger partial charge in [-0.25, -0.2) is 0 Å². The lowest BCUT2D eigenvalue weighted by atomic mass is 9.88.